The summed E-state index contributed by atoms with van der Waals surface area (Å²) in [5.41, 5.74) is 0.363. The van der Waals surface area contributed by atoms with Gasteiger partial charge in [-0.1, -0.05) is 12.1 Å². The van der Waals surface area contributed by atoms with Crippen LogP contribution in [0.3, 0.4) is 0 Å². The first-order valence-corrected chi connectivity index (χ1v) is 8.91. The molecule has 0 radical (unpaired) electrons. The first kappa shape index (κ1) is 16.3. The average Bonchev–Trinajstić information content (AvgIpc) is 2.86. The van der Waals surface area contributed by atoms with Gasteiger partial charge in [0.2, 0.25) is 0 Å². The van der Waals surface area contributed by atoms with E-state index in [0.29, 0.717) is 24.3 Å². The molecule has 1 aliphatic rings. The normalized spacial score (nSPS) is 19.4. The van der Waals surface area contributed by atoms with Crippen LogP contribution in [0.15, 0.2) is 24.3 Å². The first-order valence-electron chi connectivity index (χ1n) is 7.08. The zero-order valence-corrected chi connectivity index (χ0v) is 13.2. The summed E-state index contributed by atoms with van der Waals surface area (Å²) in [6.45, 7) is 2.04. The summed E-state index contributed by atoms with van der Waals surface area (Å²) < 4.78 is 28.5. The lowest BCUT2D eigenvalue weighted by Crippen LogP contribution is -2.43. The molecule has 1 aliphatic heterocycles. The van der Waals surface area contributed by atoms with E-state index in [0.717, 1.165) is 0 Å². The van der Waals surface area contributed by atoms with Crippen LogP contribution >= 0.6 is 0 Å². The summed E-state index contributed by atoms with van der Waals surface area (Å²) in [5, 5.41) is 8.98. The minimum Gasteiger partial charge on any atom is -0.482 e. The third-order valence-electron chi connectivity index (χ3n) is 3.67. The molecule has 0 aromatic heterocycles. The Balaban J connectivity index is 2.00. The number of nitriles is 1. The number of rotatable bonds is 5. The van der Waals surface area contributed by atoms with Gasteiger partial charge in [0.25, 0.3) is 5.91 Å². The number of nitrogens with zero attached hydrogens (tertiary/aromatic N) is 2. The molecule has 6 nitrogen and oxygen atoms in total. The van der Waals surface area contributed by atoms with Gasteiger partial charge in [-0.2, -0.15) is 5.26 Å². The molecule has 118 valence electrons. The molecule has 0 N–H and O–H groups in total. The lowest BCUT2D eigenvalue weighted by Gasteiger charge is -2.26. The van der Waals surface area contributed by atoms with Gasteiger partial charge in [-0.15, -0.1) is 0 Å². The van der Waals surface area contributed by atoms with Gasteiger partial charge in [0.05, 0.1) is 17.1 Å². The molecule has 1 saturated heterocycles. The van der Waals surface area contributed by atoms with Crippen molar-refractivity contribution in [2.45, 2.75) is 19.4 Å². The van der Waals surface area contributed by atoms with Gasteiger partial charge in [-0.05, 0) is 25.5 Å². The molecule has 7 heteroatoms. The fraction of sp³-hybridized carbons (Fsp3) is 0.467. The second-order valence-electron chi connectivity index (χ2n) is 5.13. The third-order valence-corrected chi connectivity index (χ3v) is 5.42. The molecule has 0 unspecified atom stereocenters. The standard InChI is InChI=1S/C15H18N2O4S/c1-2-17(13-7-8-22(19,20)11-13)15(18)10-21-14-6-4-3-5-12(14)9-16/h3-6,13H,2,7-8,10-11H2,1H3/t13-/m1/s1. The van der Waals surface area contributed by atoms with Gasteiger partial charge in [0, 0.05) is 12.6 Å². The molecule has 2 rings (SSSR count). The number of likely N-dealkylation sites (N-methyl/N-ethyl adjacent to an activating group) is 1. The first-order chi connectivity index (χ1) is 10.5. The molecular weight excluding hydrogens is 304 g/mol. The van der Waals surface area contributed by atoms with Crippen molar-refractivity contribution in [3.63, 3.8) is 0 Å². The van der Waals surface area contributed by atoms with Crippen molar-refractivity contribution in [1.82, 2.24) is 4.90 Å². The van der Waals surface area contributed by atoms with E-state index in [-0.39, 0.29) is 30.1 Å². The van der Waals surface area contributed by atoms with Crippen molar-refractivity contribution in [2.75, 3.05) is 24.7 Å². The highest BCUT2D eigenvalue weighted by Gasteiger charge is 2.33. The van der Waals surface area contributed by atoms with Gasteiger partial charge in [0.15, 0.2) is 16.4 Å². The van der Waals surface area contributed by atoms with E-state index < -0.39 is 9.84 Å². The largest absolute Gasteiger partial charge is 0.482 e. The molecule has 0 saturated carbocycles. The maximum Gasteiger partial charge on any atom is 0.260 e. The maximum absolute atomic E-state index is 12.3. The predicted molar refractivity (Wildman–Crippen MR) is 81.1 cm³/mol. The molecule has 1 heterocycles. The molecule has 0 bridgehead atoms. The number of carbonyl (C=O) groups excluding carboxylic acids is 1. The summed E-state index contributed by atoms with van der Waals surface area (Å²) >= 11 is 0. The molecule has 0 spiro atoms. The lowest BCUT2D eigenvalue weighted by molar-refractivity contribution is -0.135. The number of amides is 1. The van der Waals surface area contributed by atoms with Crippen LogP contribution in [0.2, 0.25) is 0 Å². The fourth-order valence-corrected chi connectivity index (χ4v) is 4.30. The number of sulfone groups is 1. The van der Waals surface area contributed by atoms with Crippen molar-refractivity contribution >= 4 is 15.7 Å². The molecule has 1 fully saturated rings. The van der Waals surface area contributed by atoms with Crippen LogP contribution in [0.25, 0.3) is 0 Å². The van der Waals surface area contributed by atoms with Gasteiger partial charge in [-0.25, -0.2) is 8.42 Å². The van der Waals surface area contributed by atoms with Crippen LogP contribution in [0.4, 0.5) is 0 Å². The molecule has 22 heavy (non-hydrogen) atoms. The van der Waals surface area contributed by atoms with Gasteiger partial charge >= 0.3 is 0 Å². The van der Waals surface area contributed by atoms with E-state index in [9.17, 15) is 13.2 Å². The van der Waals surface area contributed by atoms with Crippen molar-refractivity contribution in [3.05, 3.63) is 29.8 Å². The number of benzene rings is 1. The van der Waals surface area contributed by atoms with Gasteiger partial charge in [-0.3, -0.25) is 4.79 Å². The summed E-state index contributed by atoms with van der Waals surface area (Å²) in [7, 11) is -3.04. The van der Waals surface area contributed by atoms with Crippen LogP contribution in [0.1, 0.15) is 18.9 Å². The molecule has 1 atom stereocenters. The van der Waals surface area contributed by atoms with E-state index in [2.05, 4.69) is 0 Å². The lowest BCUT2D eigenvalue weighted by atomic mass is 10.2. The number of carbonyl (C=O) groups is 1. The topological polar surface area (TPSA) is 87.5 Å². The zero-order chi connectivity index (χ0) is 16.2. The maximum atomic E-state index is 12.3. The second kappa shape index (κ2) is 6.79. The zero-order valence-electron chi connectivity index (χ0n) is 12.4. The SMILES string of the molecule is CCN(C(=O)COc1ccccc1C#N)[C@@H]1CCS(=O)(=O)C1. The summed E-state index contributed by atoms with van der Waals surface area (Å²) in [4.78, 5) is 13.8. The highest BCUT2D eigenvalue weighted by molar-refractivity contribution is 7.91. The summed E-state index contributed by atoms with van der Waals surface area (Å²) in [6.07, 6.45) is 0.469. The van der Waals surface area contributed by atoms with Crippen molar-refractivity contribution in [3.8, 4) is 11.8 Å². The van der Waals surface area contributed by atoms with E-state index in [1.807, 2.05) is 13.0 Å². The monoisotopic (exact) mass is 322 g/mol. The fourth-order valence-electron chi connectivity index (χ4n) is 2.57. The van der Waals surface area contributed by atoms with Crippen LogP contribution in [-0.4, -0.2) is 49.9 Å². The van der Waals surface area contributed by atoms with E-state index in [4.69, 9.17) is 10.00 Å². The van der Waals surface area contributed by atoms with Crippen LogP contribution in [0.5, 0.6) is 5.75 Å². The Hall–Kier alpha value is -2.07. The third kappa shape index (κ3) is 3.77. The van der Waals surface area contributed by atoms with Gasteiger partial charge in [0.1, 0.15) is 11.8 Å². The van der Waals surface area contributed by atoms with Crippen LogP contribution < -0.4 is 4.74 Å². The average molecular weight is 322 g/mol. The number of hydrogen-bond donors (Lipinski definition) is 0. The molecule has 0 aliphatic carbocycles. The Morgan fingerprint density at radius 3 is 2.77 bits per heavy atom. The Morgan fingerprint density at radius 1 is 1.45 bits per heavy atom. The quantitative estimate of drug-likeness (QED) is 0.806. The van der Waals surface area contributed by atoms with E-state index in [1.54, 1.807) is 29.2 Å². The highest BCUT2D eigenvalue weighted by atomic mass is 32.2. The Labute approximate surface area is 130 Å². The second-order valence-corrected chi connectivity index (χ2v) is 7.36. The number of para-hydroxylation sites is 1. The number of ether oxygens (including phenoxy) is 1. The minimum atomic E-state index is -3.04. The number of hydrogen-bond acceptors (Lipinski definition) is 5. The molecule has 1 amide bonds. The van der Waals surface area contributed by atoms with E-state index in [1.165, 1.54) is 0 Å². The Bertz CT molecular complexity index is 694. The summed E-state index contributed by atoms with van der Waals surface area (Å²) in [5.74, 6) is 0.229. The van der Waals surface area contributed by atoms with Crippen molar-refractivity contribution < 1.29 is 17.9 Å². The van der Waals surface area contributed by atoms with Gasteiger partial charge < -0.3 is 9.64 Å². The molecule has 1 aromatic rings. The Kier molecular flexibility index (Phi) is 5.03. The predicted octanol–water partition coefficient (Wildman–Crippen LogP) is 0.973. The highest BCUT2D eigenvalue weighted by Crippen LogP contribution is 2.19. The van der Waals surface area contributed by atoms with Crippen LogP contribution in [0, 0.1) is 11.3 Å². The smallest absolute Gasteiger partial charge is 0.260 e. The Morgan fingerprint density at radius 2 is 2.18 bits per heavy atom. The van der Waals surface area contributed by atoms with Crippen molar-refractivity contribution in [2.24, 2.45) is 0 Å². The summed E-state index contributed by atoms with van der Waals surface area (Å²) in [6, 6.07) is 8.40. The van der Waals surface area contributed by atoms with E-state index >= 15 is 0 Å². The molecule has 1 aromatic carbocycles. The van der Waals surface area contributed by atoms with Crippen molar-refractivity contribution in [1.29, 1.82) is 5.26 Å². The molecular formula is C15H18N2O4S. The van der Waals surface area contributed by atoms with Crippen LogP contribution in [-0.2, 0) is 14.6 Å². The minimum absolute atomic E-state index is 0.0152.